The fourth-order valence-corrected chi connectivity index (χ4v) is 2.20. The lowest BCUT2D eigenvalue weighted by molar-refractivity contribution is 0.634. The van der Waals surface area contributed by atoms with Crippen LogP contribution in [0.5, 0.6) is 0 Å². The minimum absolute atomic E-state index is 0.807. The molecule has 14 heavy (non-hydrogen) atoms. The van der Waals surface area contributed by atoms with Crippen molar-refractivity contribution in [2.75, 3.05) is 0 Å². The molecule has 1 aliphatic carbocycles. The Morgan fingerprint density at radius 2 is 2.43 bits per heavy atom. The molecule has 0 spiro atoms. The molecule has 1 fully saturated rings. The highest BCUT2D eigenvalue weighted by atomic mass is 14.2. The van der Waals surface area contributed by atoms with E-state index in [1.165, 1.54) is 38.5 Å². The van der Waals surface area contributed by atoms with Gasteiger partial charge in [0.25, 0.3) is 0 Å². The molecular formula is C14H22. The van der Waals surface area contributed by atoms with Gasteiger partial charge in [0.15, 0.2) is 0 Å². The molecule has 0 radical (unpaired) electrons. The molecule has 1 unspecified atom stereocenters. The molecule has 0 aromatic carbocycles. The second kappa shape index (κ2) is 6.68. The maximum atomic E-state index is 3.62. The van der Waals surface area contributed by atoms with Crippen LogP contribution in [0.25, 0.3) is 0 Å². The summed E-state index contributed by atoms with van der Waals surface area (Å²) in [5, 5.41) is 0. The normalized spacial score (nSPS) is 23.8. The van der Waals surface area contributed by atoms with Gasteiger partial charge >= 0.3 is 0 Å². The van der Waals surface area contributed by atoms with Crippen LogP contribution in [0.2, 0.25) is 0 Å². The van der Waals surface area contributed by atoms with Crippen molar-refractivity contribution < 1.29 is 0 Å². The summed E-state index contributed by atoms with van der Waals surface area (Å²) in [6.07, 6.45) is 13.7. The monoisotopic (exact) mass is 190 g/mol. The summed E-state index contributed by atoms with van der Waals surface area (Å²) in [7, 11) is 0. The summed E-state index contributed by atoms with van der Waals surface area (Å²) < 4.78 is 0. The van der Waals surface area contributed by atoms with E-state index in [1.807, 2.05) is 0 Å². The van der Waals surface area contributed by atoms with Crippen LogP contribution in [0.3, 0.4) is 0 Å². The smallest absolute Gasteiger partial charge is 0.0162 e. The Morgan fingerprint density at radius 3 is 3.14 bits per heavy atom. The zero-order valence-corrected chi connectivity index (χ0v) is 9.39. The van der Waals surface area contributed by atoms with Crippen LogP contribution >= 0.6 is 0 Å². The van der Waals surface area contributed by atoms with E-state index in [2.05, 4.69) is 31.4 Å². The van der Waals surface area contributed by atoms with Gasteiger partial charge in [-0.15, -0.1) is 5.73 Å². The van der Waals surface area contributed by atoms with Crippen molar-refractivity contribution >= 4 is 0 Å². The van der Waals surface area contributed by atoms with Crippen molar-refractivity contribution in [2.24, 2.45) is 5.92 Å². The number of allylic oxidation sites excluding steroid dienone is 3. The first-order chi connectivity index (χ1) is 6.88. The lowest BCUT2D eigenvalue weighted by Crippen LogP contribution is -1.94. The largest absolute Gasteiger partial charge is 0.133 e. The van der Waals surface area contributed by atoms with Crippen molar-refractivity contribution in [3.63, 3.8) is 0 Å². The predicted molar refractivity (Wildman–Crippen MR) is 63.3 cm³/mol. The Hall–Kier alpha value is -0.740. The van der Waals surface area contributed by atoms with Gasteiger partial charge in [0.05, 0.1) is 0 Å². The molecule has 0 amide bonds. The summed E-state index contributed by atoms with van der Waals surface area (Å²) in [5.41, 5.74) is 4.58. The minimum Gasteiger partial charge on any atom is -0.133 e. The van der Waals surface area contributed by atoms with E-state index in [1.54, 1.807) is 5.57 Å². The Kier molecular flexibility index (Phi) is 5.40. The lowest BCUT2D eigenvalue weighted by atomic mass is 9.97. The standard InChI is InChI=1S/C14H22/c1-3-5-7-10-14-12-8-11-13(14)9-6-4-2/h6,10,13H,2-3,5,7-9,11-12H2,1H3/b14-10-. The molecule has 0 N–H and O–H groups in total. The molecule has 1 saturated carbocycles. The van der Waals surface area contributed by atoms with E-state index in [0.29, 0.717) is 0 Å². The number of hydrogen-bond acceptors (Lipinski definition) is 0. The predicted octanol–water partition coefficient (Wildman–Crippen LogP) is 4.63. The zero-order valence-electron chi connectivity index (χ0n) is 9.39. The van der Waals surface area contributed by atoms with Crippen molar-refractivity contribution in [3.05, 3.63) is 30.0 Å². The fraction of sp³-hybridized carbons (Fsp3) is 0.643. The van der Waals surface area contributed by atoms with E-state index < -0.39 is 0 Å². The van der Waals surface area contributed by atoms with Crippen molar-refractivity contribution in [2.45, 2.75) is 51.9 Å². The third-order valence-corrected chi connectivity index (χ3v) is 3.05. The first kappa shape index (κ1) is 11.3. The second-order valence-corrected chi connectivity index (χ2v) is 4.15. The zero-order chi connectivity index (χ0) is 10.2. The number of hydrogen-bond donors (Lipinski definition) is 0. The highest BCUT2D eigenvalue weighted by molar-refractivity contribution is 5.12. The summed E-state index contributed by atoms with van der Waals surface area (Å²) in [5.74, 6) is 0.807. The summed E-state index contributed by atoms with van der Waals surface area (Å²) in [6, 6.07) is 0. The summed E-state index contributed by atoms with van der Waals surface area (Å²) >= 11 is 0. The SMILES string of the molecule is C=C=CCC1CCC/C1=C/CCCC. The van der Waals surface area contributed by atoms with E-state index in [4.69, 9.17) is 0 Å². The fourth-order valence-electron chi connectivity index (χ4n) is 2.20. The molecule has 1 aliphatic rings. The van der Waals surface area contributed by atoms with Crippen molar-refractivity contribution in [1.29, 1.82) is 0 Å². The van der Waals surface area contributed by atoms with Crippen molar-refractivity contribution in [1.82, 2.24) is 0 Å². The van der Waals surface area contributed by atoms with Crippen LogP contribution in [-0.4, -0.2) is 0 Å². The molecule has 0 aliphatic heterocycles. The molecule has 0 aromatic heterocycles. The van der Waals surface area contributed by atoms with E-state index >= 15 is 0 Å². The molecule has 1 rings (SSSR count). The third kappa shape index (κ3) is 3.55. The number of rotatable bonds is 5. The van der Waals surface area contributed by atoms with Crippen molar-refractivity contribution in [3.8, 4) is 0 Å². The lowest BCUT2D eigenvalue weighted by Gasteiger charge is -2.08. The molecular weight excluding hydrogens is 168 g/mol. The van der Waals surface area contributed by atoms with Gasteiger partial charge in [-0.3, -0.25) is 0 Å². The second-order valence-electron chi connectivity index (χ2n) is 4.15. The van der Waals surface area contributed by atoms with Gasteiger partial charge in [0.1, 0.15) is 0 Å². The highest BCUT2D eigenvalue weighted by Gasteiger charge is 2.18. The van der Waals surface area contributed by atoms with Crippen LogP contribution in [0.1, 0.15) is 51.9 Å². The first-order valence-corrected chi connectivity index (χ1v) is 5.91. The average molecular weight is 190 g/mol. The molecule has 0 bridgehead atoms. The van der Waals surface area contributed by atoms with Gasteiger partial charge < -0.3 is 0 Å². The Bertz CT molecular complexity index is 228. The molecule has 0 heterocycles. The molecule has 78 valence electrons. The molecule has 0 aromatic rings. The van der Waals surface area contributed by atoms with E-state index in [-0.39, 0.29) is 0 Å². The third-order valence-electron chi connectivity index (χ3n) is 3.05. The molecule has 0 saturated heterocycles. The quantitative estimate of drug-likeness (QED) is 0.337. The maximum absolute atomic E-state index is 3.62. The van der Waals surface area contributed by atoms with Crippen LogP contribution in [-0.2, 0) is 0 Å². The highest BCUT2D eigenvalue weighted by Crippen LogP contribution is 2.34. The first-order valence-electron chi connectivity index (χ1n) is 5.91. The summed E-state index contributed by atoms with van der Waals surface area (Å²) in [4.78, 5) is 0. The molecule has 1 atom stereocenters. The van der Waals surface area contributed by atoms with Gasteiger partial charge in [-0.2, -0.15) is 0 Å². The van der Waals surface area contributed by atoms with Crippen LogP contribution < -0.4 is 0 Å². The van der Waals surface area contributed by atoms with Gasteiger partial charge in [-0.25, -0.2) is 0 Å². The van der Waals surface area contributed by atoms with E-state index in [0.717, 1.165) is 12.3 Å². The van der Waals surface area contributed by atoms with Crippen LogP contribution in [0.15, 0.2) is 30.0 Å². The Labute approximate surface area is 88.4 Å². The van der Waals surface area contributed by atoms with Gasteiger partial charge in [0.2, 0.25) is 0 Å². The molecule has 0 nitrogen and oxygen atoms in total. The molecule has 0 heteroatoms. The Balaban J connectivity index is 2.41. The minimum atomic E-state index is 0.807. The average Bonchev–Trinajstić information content (AvgIpc) is 2.63. The topological polar surface area (TPSA) is 0 Å². The number of unbranched alkanes of at least 4 members (excludes halogenated alkanes) is 2. The van der Waals surface area contributed by atoms with Gasteiger partial charge in [-0.1, -0.05) is 38.0 Å². The van der Waals surface area contributed by atoms with Gasteiger partial charge in [0, 0.05) is 0 Å². The summed E-state index contributed by atoms with van der Waals surface area (Å²) in [6.45, 7) is 5.88. The van der Waals surface area contributed by atoms with E-state index in [9.17, 15) is 0 Å². The van der Waals surface area contributed by atoms with Crippen LogP contribution in [0.4, 0.5) is 0 Å². The Morgan fingerprint density at radius 1 is 1.57 bits per heavy atom. The maximum Gasteiger partial charge on any atom is -0.0162 e. The van der Waals surface area contributed by atoms with Crippen LogP contribution in [0, 0.1) is 5.92 Å². The van der Waals surface area contributed by atoms with Gasteiger partial charge in [-0.05, 0) is 44.1 Å².